The van der Waals surface area contributed by atoms with Crippen LogP contribution in [0.25, 0.3) is 0 Å². The number of halogens is 3. The van der Waals surface area contributed by atoms with E-state index in [9.17, 15) is 26.4 Å². The lowest BCUT2D eigenvalue weighted by atomic mass is 10.3. The molecule has 0 unspecified atom stereocenters. The summed E-state index contributed by atoms with van der Waals surface area (Å²) in [5.41, 5.74) is 0.0699. The van der Waals surface area contributed by atoms with E-state index in [1.165, 1.54) is 18.2 Å². The molecule has 6 nitrogen and oxygen atoms in total. The molecule has 1 aliphatic rings. The predicted molar refractivity (Wildman–Crippen MR) is 96.6 cm³/mol. The molecule has 2 aromatic carbocycles. The van der Waals surface area contributed by atoms with Crippen molar-refractivity contribution in [1.29, 1.82) is 0 Å². The van der Waals surface area contributed by atoms with E-state index in [1.54, 1.807) is 11.0 Å². The number of sulfonamides is 1. The fourth-order valence-electron chi connectivity index (χ4n) is 2.91. The van der Waals surface area contributed by atoms with Crippen LogP contribution in [-0.2, 0) is 14.8 Å². The summed E-state index contributed by atoms with van der Waals surface area (Å²) in [5.74, 6) is -2.98. The number of anilines is 1. The van der Waals surface area contributed by atoms with Crippen molar-refractivity contribution in [2.45, 2.75) is 4.90 Å². The van der Waals surface area contributed by atoms with Gasteiger partial charge in [0, 0.05) is 32.2 Å². The van der Waals surface area contributed by atoms with Gasteiger partial charge in [-0.2, -0.15) is 4.31 Å². The van der Waals surface area contributed by atoms with Crippen LogP contribution in [0.2, 0.25) is 0 Å². The first-order chi connectivity index (χ1) is 13.3. The van der Waals surface area contributed by atoms with Gasteiger partial charge in [-0.25, -0.2) is 21.6 Å². The third-order valence-corrected chi connectivity index (χ3v) is 6.29. The van der Waals surface area contributed by atoms with Crippen molar-refractivity contribution in [3.05, 3.63) is 59.9 Å². The van der Waals surface area contributed by atoms with Gasteiger partial charge in [0.05, 0.1) is 12.2 Å². The maximum atomic E-state index is 13.8. The molecule has 1 heterocycles. The summed E-state index contributed by atoms with van der Waals surface area (Å²) in [6, 6.07) is 8.08. The Kier molecular flexibility index (Phi) is 6.01. The van der Waals surface area contributed by atoms with Crippen molar-refractivity contribution in [2.24, 2.45) is 0 Å². The van der Waals surface area contributed by atoms with Gasteiger partial charge in [0.25, 0.3) is 0 Å². The van der Waals surface area contributed by atoms with Crippen molar-refractivity contribution in [2.75, 3.05) is 38.0 Å². The fraction of sp³-hybridized carbons (Fsp3) is 0.278. The van der Waals surface area contributed by atoms with Crippen molar-refractivity contribution in [3.8, 4) is 0 Å². The van der Waals surface area contributed by atoms with E-state index in [2.05, 4.69) is 5.32 Å². The van der Waals surface area contributed by atoms with Gasteiger partial charge >= 0.3 is 0 Å². The molecule has 10 heteroatoms. The Morgan fingerprint density at radius 3 is 2.29 bits per heavy atom. The van der Waals surface area contributed by atoms with Gasteiger partial charge < -0.3 is 5.32 Å². The summed E-state index contributed by atoms with van der Waals surface area (Å²) >= 11 is 0. The van der Waals surface area contributed by atoms with E-state index >= 15 is 0 Å². The van der Waals surface area contributed by atoms with Crippen LogP contribution in [0.15, 0.2) is 47.4 Å². The Morgan fingerprint density at radius 2 is 1.64 bits per heavy atom. The number of nitrogens with one attached hydrogen (secondary N) is 1. The minimum Gasteiger partial charge on any atom is -0.322 e. The van der Waals surface area contributed by atoms with Crippen LogP contribution in [-0.4, -0.2) is 56.3 Å². The van der Waals surface area contributed by atoms with E-state index in [0.717, 1.165) is 16.4 Å². The molecule has 0 atom stereocenters. The van der Waals surface area contributed by atoms with E-state index in [0.29, 0.717) is 6.07 Å². The Morgan fingerprint density at radius 1 is 0.964 bits per heavy atom. The first-order valence-electron chi connectivity index (χ1n) is 8.49. The molecular formula is C18H18F3N3O3S. The Hall–Kier alpha value is -2.43. The van der Waals surface area contributed by atoms with Gasteiger partial charge in [-0.1, -0.05) is 12.1 Å². The molecule has 1 aliphatic heterocycles. The fourth-order valence-corrected chi connectivity index (χ4v) is 4.37. The number of rotatable bonds is 5. The lowest BCUT2D eigenvalue weighted by Crippen LogP contribution is -2.50. The van der Waals surface area contributed by atoms with Crippen molar-refractivity contribution < 1.29 is 26.4 Å². The van der Waals surface area contributed by atoms with Crippen LogP contribution in [0.5, 0.6) is 0 Å². The molecule has 1 amide bonds. The molecule has 1 saturated heterocycles. The molecule has 3 rings (SSSR count). The lowest BCUT2D eigenvalue weighted by molar-refractivity contribution is -0.117. The minimum absolute atomic E-state index is 0.0346. The molecule has 28 heavy (non-hydrogen) atoms. The average molecular weight is 413 g/mol. The number of piperazine rings is 1. The van der Waals surface area contributed by atoms with Crippen molar-refractivity contribution in [1.82, 2.24) is 9.21 Å². The van der Waals surface area contributed by atoms with Gasteiger partial charge in [-0.3, -0.25) is 9.69 Å². The average Bonchev–Trinajstić information content (AvgIpc) is 2.64. The summed E-state index contributed by atoms with van der Waals surface area (Å²) in [6.45, 7) is 0.546. The number of amides is 1. The van der Waals surface area contributed by atoms with Crippen molar-refractivity contribution in [3.63, 3.8) is 0 Å². The first kappa shape index (κ1) is 20.3. The minimum atomic E-state index is -4.10. The maximum Gasteiger partial charge on any atom is 0.246 e. The normalized spacial score (nSPS) is 16.1. The summed E-state index contributed by atoms with van der Waals surface area (Å²) in [7, 11) is -4.10. The SMILES string of the molecule is O=C(CN1CCN(S(=O)(=O)c2ccc(F)cc2F)CC1)Nc1ccccc1F. The smallest absolute Gasteiger partial charge is 0.246 e. The number of benzene rings is 2. The number of hydrogen-bond donors (Lipinski definition) is 1. The number of para-hydroxylation sites is 1. The molecule has 0 aliphatic carbocycles. The van der Waals surface area contributed by atoms with Gasteiger partial charge in [-0.05, 0) is 24.3 Å². The van der Waals surface area contributed by atoms with E-state index in [1.807, 2.05) is 0 Å². The van der Waals surface area contributed by atoms with Crippen LogP contribution < -0.4 is 5.32 Å². The molecule has 0 saturated carbocycles. The number of hydrogen-bond acceptors (Lipinski definition) is 4. The Bertz CT molecular complexity index is 977. The Balaban J connectivity index is 1.58. The summed E-state index contributed by atoms with van der Waals surface area (Å²) in [6.07, 6.45) is 0. The highest BCUT2D eigenvalue weighted by Crippen LogP contribution is 2.21. The standard InChI is InChI=1S/C18H18F3N3O3S/c19-13-5-6-17(15(21)11-13)28(26,27)24-9-7-23(8-10-24)12-18(25)22-16-4-2-1-3-14(16)20/h1-6,11H,7-10,12H2,(H,22,25). The predicted octanol–water partition coefficient (Wildman–Crippen LogP) is 2.05. The van der Waals surface area contributed by atoms with Crippen molar-refractivity contribution >= 4 is 21.6 Å². The van der Waals surface area contributed by atoms with Gasteiger partial charge in [-0.15, -0.1) is 0 Å². The van der Waals surface area contributed by atoms with E-state index < -0.39 is 38.3 Å². The molecule has 0 spiro atoms. The molecule has 1 fully saturated rings. The first-order valence-corrected chi connectivity index (χ1v) is 9.93. The van der Waals surface area contributed by atoms with E-state index in [4.69, 9.17) is 0 Å². The molecule has 0 aromatic heterocycles. The van der Waals surface area contributed by atoms with Crippen LogP contribution in [0.4, 0.5) is 18.9 Å². The van der Waals surface area contributed by atoms with Crippen LogP contribution >= 0.6 is 0 Å². The lowest BCUT2D eigenvalue weighted by Gasteiger charge is -2.33. The third kappa shape index (κ3) is 4.51. The van der Waals surface area contributed by atoms with Crippen LogP contribution in [0.1, 0.15) is 0 Å². The third-order valence-electron chi connectivity index (χ3n) is 4.36. The second-order valence-electron chi connectivity index (χ2n) is 6.28. The second-order valence-corrected chi connectivity index (χ2v) is 8.19. The number of nitrogens with zero attached hydrogens (tertiary/aromatic N) is 2. The molecule has 150 valence electrons. The quantitative estimate of drug-likeness (QED) is 0.815. The monoisotopic (exact) mass is 413 g/mol. The largest absolute Gasteiger partial charge is 0.322 e. The maximum absolute atomic E-state index is 13.8. The van der Waals surface area contributed by atoms with Crippen LogP contribution in [0, 0.1) is 17.5 Å². The number of carbonyl (C=O) groups is 1. The van der Waals surface area contributed by atoms with Gasteiger partial charge in [0.1, 0.15) is 22.3 Å². The molecule has 2 aromatic rings. The zero-order valence-electron chi connectivity index (χ0n) is 14.7. The highest BCUT2D eigenvalue weighted by molar-refractivity contribution is 7.89. The number of carbonyl (C=O) groups excluding carboxylic acids is 1. The second kappa shape index (κ2) is 8.29. The zero-order valence-corrected chi connectivity index (χ0v) is 15.6. The topological polar surface area (TPSA) is 69.7 Å². The summed E-state index contributed by atoms with van der Waals surface area (Å²) in [5, 5.41) is 2.46. The zero-order chi connectivity index (χ0) is 20.3. The summed E-state index contributed by atoms with van der Waals surface area (Å²) in [4.78, 5) is 13.2. The highest BCUT2D eigenvalue weighted by atomic mass is 32.2. The molecule has 0 radical (unpaired) electrons. The highest BCUT2D eigenvalue weighted by Gasteiger charge is 2.31. The Labute approximate surface area is 160 Å². The summed E-state index contributed by atoms with van der Waals surface area (Å²) < 4.78 is 66.6. The van der Waals surface area contributed by atoms with Gasteiger partial charge in [0.2, 0.25) is 15.9 Å². The van der Waals surface area contributed by atoms with Gasteiger partial charge in [0.15, 0.2) is 0 Å². The molecule has 1 N–H and O–H groups in total. The van der Waals surface area contributed by atoms with E-state index in [-0.39, 0.29) is 38.4 Å². The molecule has 0 bridgehead atoms. The van der Waals surface area contributed by atoms with Crippen LogP contribution in [0.3, 0.4) is 0 Å². The molecular weight excluding hydrogens is 395 g/mol.